The van der Waals surface area contributed by atoms with Crippen molar-refractivity contribution in [2.75, 3.05) is 13.7 Å². The van der Waals surface area contributed by atoms with Gasteiger partial charge in [-0.2, -0.15) is 5.10 Å². The number of aromatic nitrogens is 5. The number of nitrogens with zero attached hydrogens (tertiary/aromatic N) is 4. The summed E-state index contributed by atoms with van der Waals surface area (Å²) >= 11 is 0. The summed E-state index contributed by atoms with van der Waals surface area (Å²) in [6.07, 6.45) is 4.74. The molecule has 0 spiro atoms. The SMILES string of the molecule is COc1cc2c(Oc3ccc4[nH]c(C)cc4c3F)ccnc2cc1OCC(C)n1cncn1. The molecule has 0 aliphatic rings. The number of pyridine rings is 1. The van der Waals surface area contributed by atoms with Crippen LogP contribution in [0.1, 0.15) is 18.7 Å². The van der Waals surface area contributed by atoms with Gasteiger partial charge in [-0.15, -0.1) is 0 Å². The third-order valence-electron chi connectivity index (χ3n) is 5.41. The highest BCUT2D eigenvalue weighted by Gasteiger charge is 2.16. The van der Waals surface area contributed by atoms with Gasteiger partial charge in [-0.1, -0.05) is 0 Å². The van der Waals surface area contributed by atoms with E-state index in [1.165, 1.54) is 6.33 Å². The maximum absolute atomic E-state index is 15.1. The van der Waals surface area contributed by atoms with E-state index in [1.54, 1.807) is 60.7 Å². The predicted octanol–water partition coefficient (Wildman–Crippen LogP) is 5.20. The van der Waals surface area contributed by atoms with Crippen molar-refractivity contribution in [2.24, 2.45) is 0 Å². The van der Waals surface area contributed by atoms with Crippen LogP contribution in [0.3, 0.4) is 0 Å². The topological polar surface area (TPSA) is 87.1 Å². The first kappa shape index (κ1) is 20.7. The Balaban J connectivity index is 1.46. The van der Waals surface area contributed by atoms with Crippen LogP contribution < -0.4 is 14.2 Å². The number of rotatable bonds is 7. The highest BCUT2D eigenvalue weighted by molar-refractivity contribution is 5.89. The van der Waals surface area contributed by atoms with Crippen LogP contribution in [0.2, 0.25) is 0 Å². The van der Waals surface area contributed by atoms with Crippen LogP contribution in [0.15, 0.2) is 55.2 Å². The number of aromatic amines is 1. The molecule has 0 aliphatic heterocycles. The Kier molecular flexibility index (Phi) is 5.29. The van der Waals surface area contributed by atoms with Crippen LogP contribution in [0.4, 0.5) is 4.39 Å². The minimum atomic E-state index is -0.421. The van der Waals surface area contributed by atoms with Gasteiger partial charge in [0.25, 0.3) is 0 Å². The van der Waals surface area contributed by atoms with Crippen molar-refractivity contribution < 1.29 is 18.6 Å². The van der Waals surface area contributed by atoms with Crippen molar-refractivity contribution in [1.82, 2.24) is 24.7 Å². The summed E-state index contributed by atoms with van der Waals surface area (Å²) in [7, 11) is 1.56. The molecule has 0 saturated carbocycles. The van der Waals surface area contributed by atoms with E-state index in [2.05, 4.69) is 20.1 Å². The van der Waals surface area contributed by atoms with E-state index < -0.39 is 5.82 Å². The molecule has 0 bridgehead atoms. The molecule has 5 aromatic rings. The fraction of sp³-hybridized carbons (Fsp3) is 0.208. The van der Waals surface area contributed by atoms with Gasteiger partial charge in [0.15, 0.2) is 23.1 Å². The number of nitrogens with one attached hydrogen (secondary N) is 1. The zero-order valence-corrected chi connectivity index (χ0v) is 18.4. The molecule has 8 nitrogen and oxygen atoms in total. The Hall–Kier alpha value is -4.14. The number of ether oxygens (including phenoxy) is 3. The molecule has 2 aromatic carbocycles. The molecule has 5 rings (SSSR count). The second-order valence-electron chi connectivity index (χ2n) is 7.76. The molecule has 0 radical (unpaired) electrons. The summed E-state index contributed by atoms with van der Waals surface area (Å²) in [4.78, 5) is 11.5. The highest BCUT2D eigenvalue weighted by Crippen LogP contribution is 2.38. The summed E-state index contributed by atoms with van der Waals surface area (Å²) in [6, 6.07) is 10.4. The number of fused-ring (bicyclic) bond motifs is 2. The molecule has 1 unspecified atom stereocenters. The Morgan fingerprint density at radius 2 is 1.94 bits per heavy atom. The lowest BCUT2D eigenvalue weighted by Crippen LogP contribution is -2.15. The van der Waals surface area contributed by atoms with E-state index in [9.17, 15) is 0 Å². The second-order valence-corrected chi connectivity index (χ2v) is 7.76. The van der Waals surface area contributed by atoms with E-state index >= 15 is 4.39 Å². The first-order valence-corrected chi connectivity index (χ1v) is 10.4. The first-order valence-electron chi connectivity index (χ1n) is 10.4. The number of hydrogen-bond acceptors (Lipinski definition) is 6. The van der Waals surface area contributed by atoms with Crippen molar-refractivity contribution in [2.45, 2.75) is 19.9 Å². The zero-order chi connectivity index (χ0) is 22.9. The van der Waals surface area contributed by atoms with Crippen LogP contribution >= 0.6 is 0 Å². The monoisotopic (exact) mass is 447 g/mol. The molecule has 33 heavy (non-hydrogen) atoms. The second kappa shape index (κ2) is 8.42. The first-order chi connectivity index (χ1) is 16.0. The Morgan fingerprint density at radius 3 is 2.73 bits per heavy atom. The summed E-state index contributed by atoms with van der Waals surface area (Å²) in [5.74, 6) is 1.23. The van der Waals surface area contributed by atoms with Gasteiger partial charge in [0.05, 0.1) is 18.7 Å². The minimum Gasteiger partial charge on any atom is -0.493 e. The summed E-state index contributed by atoms with van der Waals surface area (Å²) < 4.78 is 34.3. The van der Waals surface area contributed by atoms with Gasteiger partial charge >= 0.3 is 0 Å². The van der Waals surface area contributed by atoms with Gasteiger partial charge < -0.3 is 19.2 Å². The molecule has 0 saturated heterocycles. The number of hydrogen-bond donors (Lipinski definition) is 1. The van der Waals surface area contributed by atoms with Gasteiger partial charge in [-0.3, -0.25) is 4.98 Å². The van der Waals surface area contributed by atoms with Crippen molar-refractivity contribution >= 4 is 21.8 Å². The lowest BCUT2D eigenvalue weighted by Gasteiger charge is -2.16. The maximum Gasteiger partial charge on any atom is 0.175 e. The van der Waals surface area contributed by atoms with Gasteiger partial charge in [-0.25, -0.2) is 14.1 Å². The standard InChI is InChI=1S/C24H22FN5O3/c1-14-8-17-18(29-14)4-5-21(24(17)25)33-20-6-7-27-19-10-23(22(31-3)9-16(19)20)32-11-15(2)30-13-26-12-28-30/h4-10,12-13,15,29H,11H2,1-3H3. The smallest absolute Gasteiger partial charge is 0.175 e. The molecule has 168 valence electrons. The Morgan fingerprint density at radius 1 is 1.06 bits per heavy atom. The zero-order valence-electron chi connectivity index (χ0n) is 18.4. The molecular formula is C24H22FN5O3. The van der Waals surface area contributed by atoms with Crippen LogP contribution in [-0.4, -0.2) is 38.4 Å². The molecular weight excluding hydrogens is 425 g/mol. The van der Waals surface area contributed by atoms with E-state index in [0.29, 0.717) is 40.1 Å². The van der Waals surface area contributed by atoms with Crippen molar-refractivity contribution in [3.63, 3.8) is 0 Å². The lowest BCUT2D eigenvalue weighted by atomic mass is 10.1. The summed E-state index contributed by atoms with van der Waals surface area (Å²) in [6.45, 7) is 4.22. The Labute approximate surface area is 188 Å². The van der Waals surface area contributed by atoms with Crippen molar-refractivity contribution in [3.8, 4) is 23.0 Å². The van der Waals surface area contributed by atoms with Crippen LogP contribution in [0.25, 0.3) is 21.8 Å². The van der Waals surface area contributed by atoms with E-state index in [0.717, 1.165) is 11.2 Å². The summed E-state index contributed by atoms with van der Waals surface area (Å²) in [5.41, 5.74) is 2.24. The van der Waals surface area contributed by atoms with Crippen molar-refractivity contribution in [1.29, 1.82) is 0 Å². The third-order valence-corrected chi connectivity index (χ3v) is 5.41. The molecule has 1 N–H and O–H groups in total. The van der Waals surface area contributed by atoms with Crippen LogP contribution in [0.5, 0.6) is 23.0 Å². The third kappa shape index (κ3) is 3.93. The quantitative estimate of drug-likeness (QED) is 0.369. The molecule has 0 amide bonds. The number of H-pyrrole nitrogens is 1. The number of benzene rings is 2. The van der Waals surface area contributed by atoms with E-state index in [-0.39, 0.29) is 11.8 Å². The molecule has 3 aromatic heterocycles. The largest absolute Gasteiger partial charge is 0.493 e. The molecule has 1 atom stereocenters. The molecule has 0 aliphatic carbocycles. The average molecular weight is 447 g/mol. The van der Waals surface area contributed by atoms with Gasteiger partial charge in [0.2, 0.25) is 0 Å². The maximum atomic E-state index is 15.1. The lowest BCUT2D eigenvalue weighted by molar-refractivity contribution is 0.240. The summed E-state index contributed by atoms with van der Waals surface area (Å²) in [5, 5.41) is 5.29. The molecule has 9 heteroatoms. The van der Waals surface area contributed by atoms with Gasteiger partial charge in [0.1, 0.15) is 25.0 Å². The van der Waals surface area contributed by atoms with Crippen LogP contribution in [0, 0.1) is 12.7 Å². The Bertz CT molecular complexity index is 1430. The molecule has 3 heterocycles. The fourth-order valence-electron chi connectivity index (χ4n) is 3.71. The highest BCUT2D eigenvalue weighted by atomic mass is 19.1. The number of aryl methyl sites for hydroxylation is 1. The molecule has 0 fully saturated rings. The number of methoxy groups -OCH3 is 1. The number of halogens is 1. The fourth-order valence-corrected chi connectivity index (χ4v) is 3.71. The van der Waals surface area contributed by atoms with Crippen molar-refractivity contribution in [3.05, 3.63) is 66.8 Å². The van der Waals surface area contributed by atoms with Gasteiger partial charge in [0, 0.05) is 34.2 Å². The average Bonchev–Trinajstić information content (AvgIpc) is 3.49. The van der Waals surface area contributed by atoms with Crippen LogP contribution in [-0.2, 0) is 0 Å². The van der Waals surface area contributed by atoms with E-state index in [1.807, 2.05) is 13.8 Å². The van der Waals surface area contributed by atoms with Gasteiger partial charge in [-0.05, 0) is 44.2 Å². The predicted molar refractivity (Wildman–Crippen MR) is 122 cm³/mol. The minimum absolute atomic E-state index is 0.0227. The van der Waals surface area contributed by atoms with E-state index in [4.69, 9.17) is 14.2 Å². The normalized spacial score (nSPS) is 12.2.